The first-order chi connectivity index (χ1) is 8.45. The molecule has 3 heteroatoms. The van der Waals surface area contributed by atoms with Crippen LogP contribution in [0, 0.1) is 5.41 Å². The van der Waals surface area contributed by atoms with Gasteiger partial charge in [-0.1, -0.05) is 41.5 Å². The number of hydrogen-bond donors (Lipinski definition) is 1. The van der Waals surface area contributed by atoms with Gasteiger partial charge in [-0.15, -0.1) is 0 Å². The first-order valence-corrected chi connectivity index (χ1v) is 8.64. The Morgan fingerprint density at radius 2 is 1.72 bits per heavy atom. The van der Waals surface area contributed by atoms with Gasteiger partial charge in [0, 0.05) is 24.1 Å². The molecule has 0 amide bonds. The molecular formula is C15H34N2S. The maximum absolute atomic E-state index is 3.69. The van der Waals surface area contributed by atoms with E-state index in [2.05, 4.69) is 63.5 Å². The summed E-state index contributed by atoms with van der Waals surface area (Å²) >= 11 is 2.09. The molecule has 0 rings (SSSR count). The average Bonchev–Trinajstić information content (AvgIpc) is 2.31. The summed E-state index contributed by atoms with van der Waals surface area (Å²) in [6.45, 7) is 18.5. The lowest BCUT2D eigenvalue weighted by Crippen LogP contribution is -2.42. The molecule has 0 saturated carbocycles. The Balaban J connectivity index is 3.89. The van der Waals surface area contributed by atoms with Crippen molar-refractivity contribution >= 4 is 11.8 Å². The second-order valence-electron chi connectivity index (χ2n) is 5.97. The van der Waals surface area contributed by atoms with Gasteiger partial charge in [0.05, 0.1) is 0 Å². The number of nitrogens with one attached hydrogen (secondary N) is 1. The summed E-state index contributed by atoms with van der Waals surface area (Å²) in [4.78, 5) is 2.50. The van der Waals surface area contributed by atoms with Crippen molar-refractivity contribution in [2.45, 2.75) is 54.0 Å². The standard InChI is InChI=1S/C15H34N2S/c1-7-10-16-14(15(4,5)6)13-18-12-11-17(8-2)9-3/h14,16H,7-13H2,1-6H3. The quantitative estimate of drug-likeness (QED) is 0.614. The van der Waals surface area contributed by atoms with Crippen LogP contribution in [0.3, 0.4) is 0 Å². The Morgan fingerprint density at radius 3 is 2.17 bits per heavy atom. The van der Waals surface area contributed by atoms with Crippen molar-refractivity contribution in [3.05, 3.63) is 0 Å². The summed E-state index contributed by atoms with van der Waals surface area (Å²) in [7, 11) is 0. The van der Waals surface area contributed by atoms with E-state index in [-0.39, 0.29) is 0 Å². The van der Waals surface area contributed by atoms with Crippen molar-refractivity contribution in [2.75, 3.05) is 37.7 Å². The molecule has 0 aliphatic rings. The van der Waals surface area contributed by atoms with Crippen LogP contribution >= 0.6 is 11.8 Å². The van der Waals surface area contributed by atoms with Crippen molar-refractivity contribution in [1.29, 1.82) is 0 Å². The predicted octanol–water partition coefficient (Wildman–Crippen LogP) is 3.48. The Labute approximate surface area is 119 Å². The first-order valence-electron chi connectivity index (χ1n) is 7.49. The van der Waals surface area contributed by atoms with Crippen LogP contribution < -0.4 is 5.32 Å². The van der Waals surface area contributed by atoms with Crippen LogP contribution in [0.1, 0.15) is 48.0 Å². The van der Waals surface area contributed by atoms with E-state index in [0.717, 1.165) is 6.54 Å². The molecule has 0 aromatic heterocycles. The Kier molecular flexibility index (Phi) is 10.3. The third-order valence-electron chi connectivity index (χ3n) is 3.42. The second-order valence-corrected chi connectivity index (χ2v) is 7.12. The summed E-state index contributed by atoms with van der Waals surface area (Å²) in [6.07, 6.45) is 1.22. The molecule has 0 aromatic rings. The minimum Gasteiger partial charge on any atom is -0.313 e. The van der Waals surface area contributed by atoms with Crippen LogP contribution in [0.15, 0.2) is 0 Å². The molecule has 0 spiro atoms. The Morgan fingerprint density at radius 1 is 1.11 bits per heavy atom. The van der Waals surface area contributed by atoms with Crippen LogP contribution in [-0.2, 0) is 0 Å². The molecule has 0 aliphatic heterocycles. The molecule has 1 unspecified atom stereocenters. The number of nitrogens with zero attached hydrogens (tertiary/aromatic N) is 1. The van der Waals surface area contributed by atoms with Crippen molar-refractivity contribution < 1.29 is 0 Å². The van der Waals surface area contributed by atoms with E-state index in [9.17, 15) is 0 Å². The van der Waals surface area contributed by atoms with Crippen molar-refractivity contribution in [1.82, 2.24) is 10.2 Å². The first kappa shape index (κ1) is 18.3. The van der Waals surface area contributed by atoms with Gasteiger partial charge >= 0.3 is 0 Å². The van der Waals surface area contributed by atoms with Crippen LogP contribution in [0.25, 0.3) is 0 Å². The van der Waals surface area contributed by atoms with E-state index >= 15 is 0 Å². The van der Waals surface area contributed by atoms with Crippen LogP contribution in [0.5, 0.6) is 0 Å². The molecule has 0 fully saturated rings. The van der Waals surface area contributed by atoms with E-state index in [0.29, 0.717) is 11.5 Å². The summed E-state index contributed by atoms with van der Waals surface area (Å²) in [5, 5.41) is 3.69. The van der Waals surface area contributed by atoms with Crippen LogP contribution in [0.2, 0.25) is 0 Å². The van der Waals surface area contributed by atoms with Crippen molar-refractivity contribution in [3.8, 4) is 0 Å². The summed E-state index contributed by atoms with van der Waals surface area (Å²) < 4.78 is 0. The van der Waals surface area contributed by atoms with Crippen molar-refractivity contribution in [2.24, 2.45) is 5.41 Å². The van der Waals surface area contributed by atoms with E-state index in [1.807, 2.05) is 0 Å². The lowest BCUT2D eigenvalue weighted by Gasteiger charge is -2.31. The fourth-order valence-electron chi connectivity index (χ4n) is 1.87. The van der Waals surface area contributed by atoms with Gasteiger partial charge in [0.1, 0.15) is 0 Å². The zero-order valence-electron chi connectivity index (χ0n) is 13.4. The molecule has 0 heterocycles. The highest BCUT2D eigenvalue weighted by molar-refractivity contribution is 7.99. The maximum Gasteiger partial charge on any atom is 0.0206 e. The number of thioether (sulfide) groups is 1. The largest absolute Gasteiger partial charge is 0.313 e. The normalized spacial score (nSPS) is 14.2. The van der Waals surface area contributed by atoms with Gasteiger partial charge in [0.2, 0.25) is 0 Å². The molecule has 2 nitrogen and oxygen atoms in total. The predicted molar refractivity (Wildman–Crippen MR) is 86.6 cm³/mol. The lowest BCUT2D eigenvalue weighted by molar-refractivity contribution is 0.291. The molecule has 0 aliphatic carbocycles. The molecule has 1 atom stereocenters. The van der Waals surface area contributed by atoms with Gasteiger partial charge in [-0.05, 0) is 31.5 Å². The third kappa shape index (κ3) is 8.39. The highest BCUT2D eigenvalue weighted by Crippen LogP contribution is 2.22. The van der Waals surface area contributed by atoms with Gasteiger partial charge in [-0.25, -0.2) is 0 Å². The van der Waals surface area contributed by atoms with Gasteiger partial charge in [0.15, 0.2) is 0 Å². The van der Waals surface area contributed by atoms with Gasteiger partial charge in [-0.2, -0.15) is 11.8 Å². The minimum absolute atomic E-state index is 0.359. The molecule has 0 aromatic carbocycles. The average molecular weight is 275 g/mol. The van der Waals surface area contributed by atoms with E-state index in [1.54, 1.807) is 0 Å². The summed E-state index contributed by atoms with van der Waals surface area (Å²) in [5.41, 5.74) is 0.359. The number of rotatable bonds is 10. The topological polar surface area (TPSA) is 15.3 Å². The lowest BCUT2D eigenvalue weighted by atomic mass is 9.88. The zero-order valence-corrected chi connectivity index (χ0v) is 14.2. The molecule has 0 radical (unpaired) electrons. The Bertz CT molecular complexity index is 185. The molecule has 0 saturated heterocycles. The molecule has 1 N–H and O–H groups in total. The second kappa shape index (κ2) is 10.1. The third-order valence-corrected chi connectivity index (χ3v) is 4.46. The summed E-state index contributed by atoms with van der Waals surface area (Å²) in [6, 6.07) is 0.624. The monoisotopic (exact) mass is 274 g/mol. The fourth-order valence-corrected chi connectivity index (χ4v) is 3.28. The maximum atomic E-state index is 3.69. The zero-order chi connectivity index (χ0) is 14.0. The van der Waals surface area contributed by atoms with Crippen LogP contribution in [0.4, 0.5) is 0 Å². The Hall–Kier alpha value is 0.270. The molecule has 18 heavy (non-hydrogen) atoms. The highest BCUT2D eigenvalue weighted by atomic mass is 32.2. The fraction of sp³-hybridized carbons (Fsp3) is 1.00. The molecular weight excluding hydrogens is 240 g/mol. The SMILES string of the molecule is CCCNC(CSCCN(CC)CC)C(C)(C)C. The molecule has 110 valence electrons. The van der Waals surface area contributed by atoms with E-state index < -0.39 is 0 Å². The number of hydrogen-bond acceptors (Lipinski definition) is 3. The van der Waals surface area contributed by atoms with E-state index in [1.165, 1.54) is 37.6 Å². The van der Waals surface area contributed by atoms with Gasteiger partial charge in [0.25, 0.3) is 0 Å². The summed E-state index contributed by atoms with van der Waals surface area (Å²) in [5.74, 6) is 2.48. The van der Waals surface area contributed by atoms with Gasteiger partial charge in [-0.3, -0.25) is 0 Å². The molecule has 0 bridgehead atoms. The van der Waals surface area contributed by atoms with Crippen molar-refractivity contribution in [3.63, 3.8) is 0 Å². The van der Waals surface area contributed by atoms with Crippen LogP contribution in [-0.4, -0.2) is 48.6 Å². The highest BCUT2D eigenvalue weighted by Gasteiger charge is 2.23. The van der Waals surface area contributed by atoms with Gasteiger partial charge < -0.3 is 10.2 Å². The smallest absolute Gasteiger partial charge is 0.0206 e. The minimum atomic E-state index is 0.359. The van der Waals surface area contributed by atoms with E-state index in [4.69, 9.17) is 0 Å².